The summed E-state index contributed by atoms with van der Waals surface area (Å²) in [6.07, 6.45) is 4.84. The molecule has 0 saturated carbocycles. The van der Waals surface area contributed by atoms with Gasteiger partial charge in [0.15, 0.2) is 25.5 Å². The quantitative estimate of drug-likeness (QED) is 0.640. The molecule has 0 aliphatic heterocycles. The van der Waals surface area contributed by atoms with Gasteiger partial charge in [0.2, 0.25) is 0 Å². The molecule has 0 radical (unpaired) electrons. The molecule has 0 atom stereocenters. The van der Waals surface area contributed by atoms with Gasteiger partial charge in [0.05, 0.1) is 0 Å². The van der Waals surface area contributed by atoms with Crippen LogP contribution in [0.15, 0.2) is 41.3 Å². The lowest BCUT2D eigenvalue weighted by Crippen LogP contribution is -2.36. The van der Waals surface area contributed by atoms with Gasteiger partial charge < -0.3 is 14.8 Å². The Bertz CT molecular complexity index is 639. The number of carboxylic acid groups (broad SMARTS) is 1. The lowest BCUT2D eigenvalue weighted by Gasteiger charge is -2.01. The van der Waals surface area contributed by atoms with Gasteiger partial charge in [0, 0.05) is 16.7 Å². The van der Waals surface area contributed by atoms with Crippen LogP contribution in [0.2, 0.25) is 0 Å². The third-order valence-corrected chi connectivity index (χ3v) is 3.01. The van der Waals surface area contributed by atoms with Crippen molar-refractivity contribution in [1.82, 2.24) is 4.98 Å². The molecule has 0 aliphatic carbocycles. The highest BCUT2D eigenvalue weighted by Crippen LogP contribution is 2.11. The maximum Gasteiger partial charge on any atom is 0.355 e. The third kappa shape index (κ3) is 3.67. The lowest BCUT2D eigenvalue weighted by molar-refractivity contribution is -0.698. The number of hydrogen-bond acceptors (Lipinski definition) is 3. The van der Waals surface area contributed by atoms with E-state index < -0.39 is 11.9 Å². The fourth-order valence-corrected chi connectivity index (χ4v) is 1.94. The highest BCUT2D eigenvalue weighted by Gasteiger charge is 2.12. The van der Waals surface area contributed by atoms with Crippen molar-refractivity contribution in [3.8, 4) is 0 Å². The number of halogens is 1. The van der Waals surface area contributed by atoms with E-state index in [4.69, 9.17) is 9.84 Å². The molecule has 0 bridgehead atoms. The Morgan fingerprint density at radius 2 is 2.25 bits per heavy atom. The highest BCUT2D eigenvalue weighted by atomic mass is 79.9. The molecule has 7 heteroatoms. The number of aromatic carboxylic acids is 1. The first kappa shape index (κ1) is 14.3. The van der Waals surface area contributed by atoms with Gasteiger partial charge in [-0.1, -0.05) is 0 Å². The van der Waals surface area contributed by atoms with Crippen molar-refractivity contribution in [3.05, 3.63) is 52.5 Å². The number of nitrogens with one attached hydrogen (secondary N) is 1. The molecule has 2 heterocycles. The van der Waals surface area contributed by atoms with Crippen molar-refractivity contribution in [2.75, 3.05) is 6.61 Å². The van der Waals surface area contributed by atoms with Gasteiger partial charge in [-0.3, -0.25) is 0 Å². The summed E-state index contributed by atoms with van der Waals surface area (Å²) in [6.45, 7) is 0.540. The van der Waals surface area contributed by atoms with Gasteiger partial charge in [-0.2, -0.15) is 0 Å². The fraction of sp³-hybridized carbons (Fsp3) is 0.154. The van der Waals surface area contributed by atoms with E-state index in [2.05, 4.69) is 20.9 Å². The number of aromatic nitrogens is 2. The van der Waals surface area contributed by atoms with Crippen molar-refractivity contribution in [2.24, 2.45) is 0 Å². The fourth-order valence-electron chi connectivity index (χ4n) is 1.59. The Morgan fingerprint density at radius 1 is 1.45 bits per heavy atom. The Hall–Kier alpha value is -2.15. The number of H-pyrrole nitrogens is 1. The summed E-state index contributed by atoms with van der Waals surface area (Å²) in [5.74, 6) is -1.45. The molecule has 0 aromatic carbocycles. The zero-order valence-corrected chi connectivity index (χ0v) is 12.0. The molecule has 104 valence electrons. The molecule has 20 heavy (non-hydrogen) atoms. The average molecular weight is 340 g/mol. The summed E-state index contributed by atoms with van der Waals surface area (Å²) in [5.41, 5.74) is 0.549. The molecule has 0 amide bonds. The second-order valence-corrected chi connectivity index (χ2v) is 4.92. The van der Waals surface area contributed by atoms with Gasteiger partial charge in [-0.25, -0.2) is 14.2 Å². The normalized spacial score (nSPS) is 10.2. The summed E-state index contributed by atoms with van der Waals surface area (Å²) in [4.78, 5) is 25.2. The van der Waals surface area contributed by atoms with Crippen LogP contribution in [0, 0.1) is 0 Å². The van der Waals surface area contributed by atoms with E-state index in [9.17, 15) is 9.59 Å². The third-order valence-electron chi connectivity index (χ3n) is 2.56. The summed E-state index contributed by atoms with van der Waals surface area (Å²) in [6, 6.07) is 4.76. The Morgan fingerprint density at radius 3 is 2.90 bits per heavy atom. The molecule has 6 nitrogen and oxygen atoms in total. The maximum atomic E-state index is 11.6. The zero-order valence-electron chi connectivity index (χ0n) is 10.4. The van der Waals surface area contributed by atoms with Crippen LogP contribution in [-0.4, -0.2) is 28.6 Å². The SMILES string of the molecule is O=C(O)c1ccc[n+](CCOC(=O)c2cc(Br)c[nH]2)c1. The number of carboxylic acids is 1. The number of carbonyl (C=O) groups is 2. The number of esters is 1. The average Bonchev–Trinajstić information content (AvgIpc) is 2.86. The molecule has 2 rings (SSSR count). The Kier molecular flexibility index (Phi) is 4.52. The number of aromatic amines is 1. The van der Waals surface area contributed by atoms with Gasteiger partial charge in [0.1, 0.15) is 11.3 Å². The van der Waals surface area contributed by atoms with Gasteiger partial charge in [0.25, 0.3) is 0 Å². The van der Waals surface area contributed by atoms with E-state index in [-0.39, 0.29) is 12.2 Å². The van der Waals surface area contributed by atoms with Crippen LogP contribution in [0.1, 0.15) is 20.8 Å². The lowest BCUT2D eigenvalue weighted by atomic mass is 10.3. The number of nitrogens with zero attached hydrogens (tertiary/aromatic N) is 1. The van der Waals surface area contributed by atoms with Crippen molar-refractivity contribution in [1.29, 1.82) is 0 Å². The van der Waals surface area contributed by atoms with E-state index >= 15 is 0 Å². The number of rotatable bonds is 5. The van der Waals surface area contributed by atoms with Crippen molar-refractivity contribution < 1.29 is 24.0 Å². The Balaban J connectivity index is 1.88. The van der Waals surface area contributed by atoms with Gasteiger partial charge >= 0.3 is 11.9 Å². The Labute approximate surface area is 123 Å². The number of carbonyl (C=O) groups excluding carboxylic acids is 1. The smallest absolute Gasteiger partial charge is 0.355 e. The molecular weight excluding hydrogens is 328 g/mol. The first-order chi connectivity index (χ1) is 9.56. The monoisotopic (exact) mass is 339 g/mol. The van der Waals surface area contributed by atoms with Crippen LogP contribution in [0.25, 0.3) is 0 Å². The summed E-state index contributed by atoms with van der Waals surface area (Å²) >= 11 is 3.23. The molecule has 0 unspecified atom stereocenters. The van der Waals surface area contributed by atoms with E-state index in [1.807, 2.05) is 0 Å². The minimum absolute atomic E-state index is 0.156. The van der Waals surface area contributed by atoms with Gasteiger partial charge in [-0.05, 0) is 28.1 Å². The topological polar surface area (TPSA) is 83.3 Å². The molecular formula is C13H12BrN2O4+. The summed E-state index contributed by atoms with van der Waals surface area (Å²) < 4.78 is 7.51. The first-order valence-electron chi connectivity index (χ1n) is 5.79. The van der Waals surface area contributed by atoms with Crippen molar-refractivity contribution in [2.45, 2.75) is 6.54 Å². The maximum absolute atomic E-state index is 11.6. The van der Waals surface area contributed by atoms with Crippen LogP contribution in [0.5, 0.6) is 0 Å². The second kappa shape index (κ2) is 6.33. The highest BCUT2D eigenvalue weighted by molar-refractivity contribution is 9.10. The van der Waals surface area contributed by atoms with Crippen LogP contribution >= 0.6 is 15.9 Å². The minimum Gasteiger partial charge on any atom is -0.477 e. The largest absolute Gasteiger partial charge is 0.477 e. The van der Waals surface area contributed by atoms with E-state index in [1.165, 1.54) is 12.3 Å². The zero-order chi connectivity index (χ0) is 14.5. The van der Waals surface area contributed by atoms with Gasteiger partial charge in [-0.15, -0.1) is 0 Å². The van der Waals surface area contributed by atoms with Crippen LogP contribution in [0.3, 0.4) is 0 Å². The minimum atomic E-state index is -0.993. The number of pyridine rings is 1. The van der Waals surface area contributed by atoms with E-state index in [1.54, 1.807) is 29.1 Å². The molecule has 0 fully saturated rings. The molecule has 2 aromatic rings. The molecule has 0 spiro atoms. The summed E-state index contributed by atoms with van der Waals surface area (Å²) in [5, 5.41) is 8.87. The van der Waals surface area contributed by atoms with Crippen LogP contribution in [-0.2, 0) is 11.3 Å². The van der Waals surface area contributed by atoms with E-state index in [0.717, 1.165) is 4.47 Å². The van der Waals surface area contributed by atoms with Crippen molar-refractivity contribution in [3.63, 3.8) is 0 Å². The molecule has 0 aliphatic rings. The van der Waals surface area contributed by atoms with E-state index in [0.29, 0.717) is 12.2 Å². The second-order valence-electron chi connectivity index (χ2n) is 4.00. The molecule has 2 aromatic heterocycles. The molecule has 2 N–H and O–H groups in total. The van der Waals surface area contributed by atoms with Crippen LogP contribution in [0.4, 0.5) is 0 Å². The number of hydrogen-bond donors (Lipinski definition) is 2. The predicted octanol–water partition coefficient (Wildman–Crippen LogP) is 1.62. The standard InChI is InChI=1S/C13H11BrN2O4/c14-10-6-11(15-7-10)13(19)20-5-4-16-3-1-2-9(8-16)12(17)18/h1-3,6-8H,4-5H2,(H-,15,17,18,19)/p+1. The van der Waals surface area contributed by atoms with Crippen LogP contribution < -0.4 is 4.57 Å². The molecule has 0 saturated heterocycles. The first-order valence-corrected chi connectivity index (χ1v) is 6.59. The summed E-state index contributed by atoms with van der Waals surface area (Å²) in [7, 11) is 0. The number of ether oxygens (including phenoxy) is 1. The van der Waals surface area contributed by atoms with Crippen molar-refractivity contribution >= 4 is 27.9 Å². The predicted molar refractivity (Wildman–Crippen MR) is 72.4 cm³/mol.